The highest BCUT2D eigenvalue weighted by Gasteiger charge is 2.25. The third kappa shape index (κ3) is 3.74. The maximum absolute atomic E-state index is 5.95. The van der Waals surface area contributed by atoms with Crippen molar-refractivity contribution in [3.63, 3.8) is 0 Å². The van der Waals surface area contributed by atoms with E-state index in [2.05, 4.69) is 43.4 Å². The molecule has 0 amide bonds. The minimum atomic E-state index is 0.303. The first-order valence-electron chi connectivity index (χ1n) is 6.80. The van der Waals surface area contributed by atoms with E-state index in [0.29, 0.717) is 12.1 Å². The molecule has 0 spiro atoms. The first-order chi connectivity index (χ1) is 8.81. The molecule has 1 fully saturated rings. The van der Waals surface area contributed by atoms with Crippen molar-refractivity contribution in [3.05, 3.63) is 35.4 Å². The lowest BCUT2D eigenvalue weighted by molar-refractivity contribution is 0.0468. The number of hydrogen-bond donors (Lipinski definition) is 1. The highest BCUT2D eigenvalue weighted by molar-refractivity contribution is 7.99. The topological polar surface area (TPSA) is 21.3 Å². The first kappa shape index (κ1) is 13.9. The molecular weight excluding hydrogens is 242 g/mol. The standard InChI is InChI=1S/C15H23NOS/c1-3-7-16-15(14-11-18-9-8-17-14)13-6-4-5-12(2)10-13/h4-6,10,14-16H,3,7-9,11H2,1-2H3. The molecule has 0 aromatic heterocycles. The molecule has 3 heteroatoms. The second-order valence-corrected chi connectivity index (χ2v) is 5.98. The molecule has 1 N–H and O–H groups in total. The van der Waals surface area contributed by atoms with Crippen molar-refractivity contribution in [3.8, 4) is 0 Å². The number of benzene rings is 1. The zero-order valence-electron chi connectivity index (χ0n) is 11.3. The number of thioether (sulfide) groups is 1. The summed E-state index contributed by atoms with van der Waals surface area (Å²) in [7, 11) is 0. The SMILES string of the molecule is CCCNC(c1cccc(C)c1)C1CSCCO1. The van der Waals surface area contributed by atoms with Gasteiger partial charge in [-0.25, -0.2) is 0 Å². The molecule has 1 aliphatic heterocycles. The molecule has 1 aromatic carbocycles. The van der Waals surface area contributed by atoms with E-state index in [1.165, 1.54) is 11.1 Å². The van der Waals surface area contributed by atoms with Crippen molar-refractivity contribution in [1.29, 1.82) is 0 Å². The number of nitrogens with one attached hydrogen (secondary N) is 1. The lowest BCUT2D eigenvalue weighted by atomic mass is 10.00. The molecule has 100 valence electrons. The monoisotopic (exact) mass is 265 g/mol. The smallest absolute Gasteiger partial charge is 0.0860 e. The van der Waals surface area contributed by atoms with E-state index in [9.17, 15) is 0 Å². The molecule has 2 atom stereocenters. The summed E-state index contributed by atoms with van der Waals surface area (Å²) in [5.74, 6) is 2.22. The molecule has 0 radical (unpaired) electrons. The average molecular weight is 265 g/mol. The van der Waals surface area contributed by atoms with Gasteiger partial charge in [0.25, 0.3) is 0 Å². The fourth-order valence-corrected chi connectivity index (χ4v) is 3.23. The van der Waals surface area contributed by atoms with Gasteiger partial charge in [0.2, 0.25) is 0 Å². The van der Waals surface area contributed by atoms with Gasteiger partial charge in [-0.15, -0.1) is 0 Å². The molecule has 0 aliphatic carbocycles. The lowest BCUT2D eigenvalue weighted by Crippen LogP contribution is -2.38. The molecule has 2 unspecified atom stereocenters. The molecule has 0 bridgehead atoms. The largest absolute Gasteiger partial charge is 0.375 e. The normalized spacial score (nSPS) is 21.8. The number of hydrogen-bond acceptors (Lipinski definition) is 3. The van der Waals surface area contributed by atoms with Gasteiger partial charge in [-0.3, -0.25) is 0 Å². The Morgan fingerprint density at radius 1 is 1.50 bits per heavy atom. The van der Waals surface area contributed by atoms with Gasteiger partial charge in [-0.05, 0) is 25.5 Å². The molecule has 1 saturated heterocycles. The van der Waals surface area contributed by atoms with Crippen LogP contribution in [-0.2, 0) is 4.74 Å². The molecular formula is C15H23NOS. The van der Waals surface area contributed by atoms with Crippen LogP contribution in [0, 0.1) is 6.92 Å². The number of rotatable bonds is 5. The van der Waals surface area contributed by atoms with Gasteiger partial charge in [0.15, 0.2) is 0 Å². The Morgan fingerprint density at radius 2 is 2.39 bits per heavy atom. The summed E-state index contributed by atoms with van der Waals surface area (Å²) in [4.78, 5) is 0. The van der Waals surface area contributed by atoms with E-state index in [1.807, 2.05) is 11.8 Å². The first-order valence-corrected chi connectivity index (χ1v) is 7.96. The lowest BCUT2D eigenvalue weighted by Gasteiger charge is -2.31. The molecule has 1 aliphatic rings. The van der Waals surface area contributed by atoms with E-state index in [4.69, 9.17) is 4.74 Å². The summed E-state index contributed by atoms with van der Waals surface area (Å²) < 4.78 is 5.95. The summed E-state index contributed by atoms with van der Waals surface area (Å²) in [5, 5.41) is 3.64. The highest BCUT2D eigenvalue weighted by atomic mass is 32.2. The molecule has 18 heavy (non-hydrogen) atoms. The van der Waals surface area contributed by atoms with E-state index in [-0.39, 0.29) is 0 Å². The molecule has 2 nitrogen and oxygen atoms in total. The van der Waals surface area contributed by atoms with E-state index < -0.39 is 0 Å². The number of aryl methyl sites for hydroxylation is 1. The van der Waals surface area contributed by atoms with Gasteiger partial charge in [0.05, 0.1) is 18.8 Å². The summed E-state index contributed by atoms with van der Waals surface area (Å²) in [6.07, 6.45) is 1.46. The van der Waals surface area contributed by atoms with Gasteiger partial charge >= 0.3 is 0 Å². The van der Waals surface area contributed by atoms with Crippen LogP contribution in [0.3, 0.4) is 0 Å². The predicted molar refractivity (Wildman–Crippen MR) is 79.3 cm³/mol. The highest BCUT2D eigenvalue weighted by Crippen LogP contribution is 2.26. The van der Waals surface area contributed by atoms with Crippen molar-refractivity contribution in [2.24, 2.45) is 0 Å². The van der Waals surface area contributed by atoms with Crippen LogP contribution in [0.4, 0.5) is 0 Å². The minimum Gasteiger partial charge on any atom is -0.375 e. The van der Waals surface area contributed by atoms with Gasteiger partial charge in [0, 0.05) is 11.5 Å². The second kappa shape index (κ2) is 7.17. The molecule has 1 aromatic rings. The summed E-state index contributed by atoms with van der Waals surface area (Å²) >= 11 is 2.00. The Kier molecular flexibility index (Phi) is 5.54. The zero-order valence-corrected chi connectivity index (χ0v) is 12.1. The second-order valence-electron chi connectivity index (χ2n) is 4.83. The zero-order chi connectivity index (χ0) is 12.8. The maximum atomic E-state index is 5.95. The van der Waals surface area contributed by atoms with Gasteiger partial charge in [0.1, 0.15) is 0 Å². The van der Waals surface area contributed by atoms with E-state index in [1.54, 1.807) is 0 Å². The Hall–Kier alpha value is -0.510. The van der Waals surface area contributed by atoms with Crippen LogP contribution in [0.15, 0.2) is 24.3 Å². The van der Waals surface area contributed by atoms with Crippen LogP contribution < -0.4 is 5.32 Å². The maximum Gasteiger partial charge on any atom is 0.0860 e. The van der Waals surface area contributed by atoms with Crippen molar-refractivity contribution >= 4 is 11.8 Å². The predicted octanol–water partition coefficient (Wildman–Crippen LogP) is 3.17. The quantitative estimate of drug-likeness (QED) is 0.883. The van der Waals surface area contributed by atoms with Crippen molar-refractivity contribution in [2.45, 2.75) is 32.4 Å². The molecule has 2 rings (SSSR count). The van der Waals surface area contributed by atoms with Crippen LogP contribution in [-0.4, -0.2) is 30.8 Å². The summed E-state index contributed by atoms with van der Waals surface area (Å²) in [6, 6.07) is 9.11. The van der Waals surface area contributed by atoms with E-state index in [0.717, 1.165) is 31.1 Å². The fraction of sp³-hybridized carbons (Fsp3) is 0.600. The third-order valence-electron chi connectivity index (χ3n) is 3.23. The number of ether oxygens (including phenoxy) is 1. The minimum absolute atomic E-state index is 0.303. The van der Waals surface area contributed by atoms with Crippen LogP contribution >= 0.6 is 11.8 Å². The average Bonchev–Trinajstić information content (AvgIpc) is 2.40. The Labute approximate surface area is 114 Å². The van der Waals surface area contributed by atoms with Gasteiger partial charge in [-0.1, -0.05) is 36.8 Å². The van der Waals surface area contributed by atoms with Crippen molar-refractivity contribution in [1.82, 2.24) is 5.32 Å². The summed E-state index contributed by atoms with van der Waals surface area (Å²) in [5.41, 5.74) is 2.68. The van der Waals surface area contributed by atoms with Crippen molar-refractivity contribution in [2.75, 3.05) is 24.7 Å². The third-order valence-corrected chi connectivity index (χ3v) is 4.25. The molecule has 1 heterocycles. The van der Waals surface area contributed by atoms with Crippen molar-refractivity contribution < 1.29 is 4.74 Å². The Balaban J connectivity index is 2.12. The van der Waals surface area contributed by atoms with Gasteiger partial charge in [-0.2, -0.15) is 11.8 Å². The Morgan fingerprint density at radius 3 is 3.06 bits per heavy atom. The fourth-order valence-electron chi connectivity index (χ4n) is 2.33. The van der Waals surface area contributed by atoms with Gasteiger partial charge < -0.3 is 10.1 Å². The van der Waals surface area contributed by atoms with Crippen LogP contribution in [0.25, 0.3) is 0 Å². The van der Waals surface area contributed by atoms with Crippen LogP contribution in [0.1, 0.15) is 30.5 Å². The van der Waals surface area contributed by atoms with Crippen LogP contribution in [0.2, 0.25) is 0 Å². The van der Waals surface area contributed by atoms with E-state index >= 15 is 0 Å². The summed E-state index contributed by atoms with van der Waals surface area (Å²) in [6.45, 7) is 6.28. The molecule has 0 saturated carbocycles. The van der Waals surface area contributed by atoms with Crippen LogP contribution in [0.5, 0.6) is 0 Å². The Bertz CT molecular complexity index is 363.